The van der Waals surface area contributed by atoms with Gasteiger partial charge < -0.3 is 9.15 Å². The highest BCUT2D eigenvalue weighted by Crippen LogP contribution is 2.32. The molecule has 0 aliphatic carbocycles. The molecule has 0 saturated carbocycles. The zero-order valence-electron chi connectivity index (χ0n) is 12.7. The Balaban J connectivity index is 2.14. The van der Waals surface area contributed by atoms with Crippen molar-refractivity contribution in [3.8, 4) is 11.3 Å². The number of nitrogens with zero attached hydrogens (tertiary/aromatic N) is 2. The Morgan fingerprint density at radius 1 is 1.35 bits per heavy atom. The Bertz CT molecular complexity index is 837. The van der Waals surface area contributed by atoms with E-state index in [0.29, 0.717) is 23.6 Å². The maximum absolute atomic E-state index is 12.2. The lowest BCUT2D eigenvalue weighted by molar-refractivity contribution is 0.0597. The van der Waals surface area contributed by atoms with Crippen LogP contribution in [0.25, 0.3) is 11.3 Å². The lowest BCUT2D eigenvalue weighted by atomic mass is 10.0. The van der Waals surface area contributed by atoms with E-state index in [9.17, 15) is 4.79 Å². The minimum Gasteiger partial charge on any atom is -0.465 e. The maximum Gasteiger partial charge on any atom is 0.341 e. The van der Waals surface area contributed by atoms with Crippen molar-refractivity contribution in [1.82, 2.24) is 9.78 Å². The molecule has 0 amide bonds. The molecular weight excluding hydrogens is 360 g/mol. The van der Waals surface area contributed by atoms with Gasteiger partial charge in [0.1, 0.15) is 17.1 Å². The number of hydrogen-bond donors (Lipinski definition) is 0. The second-order valence-electron chi connectivity index (χ2n) is 5.05. The summed E-state index contributed by atoms with van der Waals surface area (Å²) < 4.78 is 13.4. The third-order valence-electron chi connectivity index (χ3n) is 3.53. The normalized spacial score (nSPS) is 10.7. The van der Waals surface area contributed by atoms with E-state index < -0.39 is 5.97 Å². The number of benzene rings is 1. The zero-order valence-corrected chi connectivity index (χ0v) is 14.3. The molecule has 0 aliphatic rings. The van der Waals surface area contributed by atoms with Crippen LogP contribution >= 0.6 is 15.9 Å². The largest absolute Gasteiger partial charge is 0.465 e. The van der Waals surface area contributed by atoms with Gasteiger partial charge in [-0.2, -0.15) is 5.10 Å². The van der Waals surface area contributed by atoms with Crippen molar-refractivity contribution in [3.05, 3.63) is 64.1 Å². The summed E-state index contributed by atoms with van der Waals surface area (Å²) in [5.74, 6) is 0.793. The van der Waals surface area contributed by atoms with Crippen molar-refractivity contribution in [2.24, 2.45) is 0 Å². The molecule has 0 spiro atoms. The van der Waals surface area contributed by atoms with Gasteiger partial charge in [-0.25, -0.2) is 4.79 Å². The number of hydrogen-bond acceptors (Lipinski definition) is 4. The molecule has 0 aliphatic heterocycles. The number of rotatable bonds is 4. The Morgan fingerprint density at radius 3 is 2.70 bits per heavy atom. The summed E-state index contributed by atoms with van der Waals surface area (Å²) in [4.78, 5) is 12.2. The van der Waals surface area contributed by atoms with Gasteiger partial charge in [-0.05, 0) is 22.9 Å². The molecule has 0 radical (unpaired) electrons. The van der Waals surface area contributed by atoms with E-state index in [1.54, 1.807) is 17.8 Å². The fourth-order valence-corrected chi connectivity index (χ4v) is 2.85. The summed E-state index contributed by atoms with van der Waals surface area (Å²) in [5.41, 5.74) is 2.13. The number of ether oxygens (including phenoxy) is 1. The monoisotopic (exact) mass is 374 g/mol. The minimum atomic E-state index is -0.408. The van der Waals surface area contributed by atoms with Crippen LogP contribution in [0.1, 0.15) is 21.7 Å². The standard InChI is InChI=1S/C17H15BrN2O3/c1-11-15(17(21)22-2)14(10-20-9-13(18)8-19-20)16(23-11)12-6-4-3-5-7-12/h3-9H,10H2,1-2H3. The molecule has 0 fully saturated rings. The molecule has 2 aromatic heterocycles. The Hall–Kier alpha value is -2.34. The average molecular weight is 375 g/mol. The summed E-state index contributed by atoms with van der Waals surface area (Å²) in [6.07, 6.45) is 3.55. The molecule has 2 heterocycles. The summed E-state index contributed by atoms with van der Waals surface area (Å²) in [6, 6.07) is 9.69. The number of carbonyl (C=O) groups excluding carboxylic acids is 1. The average Bonchev–Trinajstić information content (AvgIpc) is 3.11. The van der Waals surface area contributed by atoms with Crippen molar-refractivity contribution in [1.29, 1.82) is 0 Å². The van der Waals surface area contributed by atoms with Crippen LogP contribution in [0.4, 0.5) is 0 Å². The van der Waals surface area contributed by atoms with Crippen LogP contribution < -0.4 is 0 Å². The summed E-state index contributed by atoms with van der Waals surface area (Å²) in [6.45, 7) is 2.18. The van der Waals surface area contributed by atoms with Crippen molar-refractivity contribution >= 4 is 21.9 Å². The van der Waals surface area contributed by atoms with Crippen LogP contribution in [-0.2, 0) is 11.3 Å². The summed E-state index contributed by atoms with van der Waals surface area (Å²) in [5, 5.41) is 4.26. The second-order valence-corrected chi connectivity index (χ2v) is 5.97. The lowest BCUT2D eigenvalue weighted by Gasteiger charge is -2.06. The van der Waals surface area contributed by atoms with Gasteiger partial charge in [0.2, 0.25) is 0 Å². The van der Waals surface area contributed by atoms with E-state index in [0.717, 1.165) is 15.6 Å². The molecule has 5 nitrogen and oxygen atoms in total. The number of aryl methyl sites for hydroxylation is 1. The maximum atomic E-state index is 12.2. The number of halogens is 1. The molecule has 1 aromatic carbocycles. The van der Waals surface area contributed by atoms with Crippen LogP contribution in [0.3, 0.4) is 0 Å². The number of esters is 1. The number of carbonyl (C=O) groups is 1. The number of furan rings is 1. The highest BCUT2D eigenvalue weighted by atomic mass is 79.9. The van der Waals surface area contributed by atoms with Crippen molar-refractivity contribution in [3.63, 3.8) is 0 Å². The van der Waals surface area contributed by atoms with Crippen molar-refractivity contribution in [2.45, 2.75) is 13.5 Å². The van der Waals surface area contributed by atoms with Gasteiger partial charge in [-0.3, -0.25) is 4.68 Å². The molecule has 0 unspecified atom stereocenters. The topological polar surface area (TPSA) is 57.3 Å². The second kappa shape index (κ2) is 6.42. The predicted octanol–water partition coefficient (Wildman–Crippen LogP) is 4.05. The van der Waals surface area contributed by atoms with Crippen LogP contribution in [0, 0.1) is 6.92 Å². The first-order valence-electron chi connectivity index (χ1n) is 7.04. The van der Waals surface area contributed by atoms with Crippen molar-refractivity contribution in [2.75, 3.05) is 7.11 Å². The van der Waals surface area contributed by atoms with Gasteiger partial charge in [0.05, 0.1) is 24.3 Å². The van der Waals surface area contributed by atoms with Crippen LogP contribution in [0.2, 0.25) is 0 Å². The minimum absolute atomic E-state index is 0.408. The van der Waals surface area contributed by atoms with Crippen LogP contribution in [0.15, 0.2) is 51.6 Å². The number of methoxy groups -OCH3 is 1. The fourth-order valence-electron chi connectivity index (χ4n) is 2.52. The van der Waals surface area contributed by atoms with Gasteiger partial charge in [0.25, 0.3) is 0 Å². The number of aromatic nitrogens is 2. The molecule has 0 N–H and O–H groups in total. The first-order chi connectivity index (χ1) is 11.1. The molecule has 0 atom stereocenters. The van der Waals surface area contributed by atoms with Gasteiger partial charge in [0, 0.05) is 17.3 Å². The first-order valence-corrected chi connectivity index (χ1v) is 7.83. The third-order valence-corrected chi connectivity index (χ3v) is 3.94. The molecule has 6 heteroatoms. The van der Waals surface area contributed by atoms with E-state index >= 15 is 0 Å². The summed E-state index contributed by atoms with van der Waals surface area (Å²) >= 11 is 3.38. The van der Waals surface area contributed by atoms with Gasteiger partial charge in [-0.15, -0.1) is 0 Å². The molecule has 23 heavy (non-hydrogen) atoms. The lowest BCUT2D eigenvalue weighted by Crippen LogP contribution is -2.09. The highest BCUT2D eigenvalue weighted by molar-refractivity contribution is 9.10. The molecule has 0 saturated heterocycles. The van der Waals surface area contributed by atoms with Crippen LogP contribution in [0.5, 0.6) is 0 Å². The zero-order chi connectivity index (χ0) is 16.4. The van der Waals surface area contributed by atoms with E-state index in [1.165, 1.54) is 7.11 Å². The Labute approximate surface area is 142 Å². The highest BCUT2D eigenvalue weighted by Gasteiger charge is 2.25. The van der Waals surface area contributed by atoms with Gasteiger partial charge >= 0.3 is 5.97 Å². The van der Waals surface area contributed by atoms with E-state index in [-0.39, 0.29) is 0 Å². The summed E-state index contributed by atoms with van der Waals surface area (Å²) in [7, 11) is 1.37. The van der Waals surface area contributed by atoms with Crippen LogP contribution in [-0.4, -0.2) is 22.9 Å². The molecule has 3 aromatic rings. The Kier molecular flexibility index (Phi) is 4.34. The smallest absolute Gasteiger partial charge is 0.341 e. The fraction of sp³-hybridized carbons (Fsp3) is 0.176. The molecule has 118 valence electrons. The quantitative estimate of drug-likeness (QED) is 0.646. The van der Waals surface area contributed by atoms with E-state index in [4.69, 9.17) is 9.15 Å². The van der Waals surface area contributed by atoms with E-state index in [2.05, 4.69) is 21.0 Å². The van der Waals surface area contributed by atoms with Crippen molar-refractivity contribution < 1.29 is 13.9 Å². The molecular formula is C17H15BrN2O3. The Morgan fingerprint density at radius 2 is 2.09 bits per heavy atom. The van der Waals surface area contributed by atoms with E-state index in [1.807, 2.05) is 36.5 Å². The molecule has 0 bridgehead atoms. The van der Waals surface area contributed by atoms with Gasteiger partial charge in [-0.1, -0.05) is 30.3 Å². The predicted molar refractivity (Wildman–Crippen MR) is 89.2 cm³/mol. The third kappa shape index (κ3) is 3.07. The SMILES string of the molecule is COC(=O)c1c(C)oc(-c2ccccc2)c1Cn1cc(Br)cn1. The molecule has 3 rings (SSSR count). The van der Waals surface area contributed by atoms with Gasteiger partial charge in [0.15, 0.2) is 0 Å². The first kappa shape index (κ1) is 15.6.